The van der Waals surface area contributed by atoms with Crippen molar-refractivity contribution in [3.05, 3.63) is 53.6 Å². The molecule has 0 atom stereocenters. The maximum atomic E-state index is 9.02. The number of nitriles is 1. The minimum Gasteiger partial charge on any atom is -0.460 e. The summed E-state index contributed by atoms with van der Waals surface area (Å²) >= 11 is 5.12. The van der Waals surface area contributed by atoms with Crippen molar-refractivity contribution >= 4 is 23.1 Å². The van der Waals surface area contributed by atoms with Gasteiger partial charge in [0.1, 0.15) is 5.60 Å². The molecule has 1 N–H and O–H groups in total. The lowest BCUT2D eigenvalue weighted by Gasteiger charge is -2.34. The molecule has 0 radical (unpaired) electrons. The molecule has 0 aliphatic carbocycles. The summed E-state index contributed by atoms with van der Waals surface area (Å²) < 4.78 is 5.70. The second-order valence-corrected chi connectivity index (χ2v) is 5.85. The van der Waals surface area contributed by atoms with Crippen molar-refractivity contribution in [2.45, 2.75) is 19.4 Å². The highest BCUT2D eigenvalue weighted by molar-refractivity contribution is 7.80. The SMILES string of the molecule is CC1(C)OC(=S)Nc2ccc(-c3cccc(C#N)c3)cc21. The molecule has 3 nitrogen and oxygen atoms in total. The predicted octanol–water partition coefficient (Wildman–Crippen LogP) is 4.19. The van der Waals surface area contributed by atoms with Crippen LogP contribution in [0.3, 0.4) is 0 Å². The highest BCUT2D eigenvalue weighted by Crippen LogP contribution is 2.38. The van der Waals surface area contributed by atoms with Gasteiger partial charge in [-0.2, -0.15) is 5.26 Å². The van der Waals surface area contributed by atoms with E-state index in [-0.39, 0.29) is 0 Å². The molecule has 0 unspecified atom stereocenters. The molecule has 0 saturated carbocycles. The van der Waals surface area contributed by atoms with E-state index in [9.17, 15) is 0 Å². The third-order valence-corrected chi connectivity index (χ3v) is 3.76. The first-order chi connectivity index (χ1) is 9.99. The van der Waals surface area contributed by atoms with Gasteiger partial charge in [-0.25, -0.2) is 0 Å². The van der Waals surface area contributed by atoms with Crippen LogP contribution in [0.15, 0.2) is 42.5 Å². The highest BCUT2D eigenvalue weighted by atomic mass is 32.1. The lowest BCUT2D eigenvalue weighted by Crippen LogP contribution is -2.34. The summed E-state index contributed by atoms with van der Waals surface area (Å²) in [5.41, 5.74) is 4.27. The Kier molecular flexibility index (Phi) is 3.15. The summed E-state index contributed by atoms with van der Waals surface area (Å²) in [5.74, 6) is 0. The maximum absolute atomic E-state index is 9.02. The number of hydrogen-bond donors (Lipinski definition) is 1. The van der Waals surface area contributed by atoms with Gasteiger partial charge < -0.3 is 10.1 Å². The van der Waals surface area contributed by atoms with E-state index in [1.165, 1.54) is 0 Å². The molecule has 0 amide bonds. The molecule has 0 aromatic heterocycles. The van der Waals surface area contributed by atoms with Gasteiger partial charge in [0, 0.05) is 11.3 Å². The summed E-state index contributed by atoms with van der Waals surface area (Å²) in [5, 5.41) is 12.5. The molecule has 1 aliphatic rings. The Morgan fingerprint density at radius 1 is 1.14 bits per heavy atom. The summed E-state index contributed by atoms with van der Waals surface area (Å²) in [6, 6.07) is 15.8. The number of rotatable bonds is 1. The number of fused-ring (bicyclic) bond motifs is 1. The van der Waals surface area contributed by atoms with Crippen LogP contribution in [-0.2, 0) is 10.3 Å². The fourth-order valence-electron chi connectivity index (χ4n) is 2.52. The van der Waals surface area contributed by atoms with Crippen LogP contribution >= 0.6 is 12.2 Å². The second-order valence-electron chi connectivity index (χ2n) is 5.48. The smallest absolute Gasteiger partial charge is 0.262 e. The van der Waals surface area contributed by atoms with Gasteiger partial charge in [-0.1, -0.05) is 18.2 Å². The first-order valence-corrected chi connectivity index (χ1v) is 7.05. The molecule has 0 bridgehead atoms. The monoisotopic (exact) mass is 294 g/mol. The van der Waals surface area contributed by atoms with Gasteiger partial charge in [0.2, 0.25) is 0 Å². The van der Waals surface area contributed by atoms with Crippen molar-refractivity contribution in [3.8, 4) is 17.2 Å². The maximum Gasteiger partial charge on any atom is 0.262 e. The molecule has 0 saturated heterocycles. The van der Waals surface area contributed by atoms with Gasteiger partial charge in [-0.05, 0) is 61.5 Å². The van der Waals surface area contributed by atoms with Crippen molar-refractivity contribution in [3.63, 3.8) is 0 Å². The Morgan fingerprint density at radius 2 is 1.90 bits per heavy atom. The number of anilines is 1. The van der Waals surface area contributed by atoms with E-state index in [1.54, 1.807) is 6.07 Å². The van der Waals surface area contributed by atoms with E-state index in [0.29, 0.717) is 10.7 Å². The minimum atomic E-state index is -0.472. The fourth-order valence-corrected chi connectivity index (χ4v) is 2.84. The molecule has 104 valence electrons. The second kappa shape index (κ2) is 4.87. The fraction of sp³-hybridized carbons (Fsp3) is 0.176. The van der Waals surface area contributed by atoms with Crippen LogP contribution < -0.4 is 5.32 Å². The third-order valence-electron chi connectivity index (χ3n) is 3.58. The van der Waals surface area contributed by atoms with Gasteiger partial charge in [0.05, 0.1) is 11.6 Å². The molecule has 2 aromatic rings. The van der Waals surface area contributed by atoms with Crippen LogP contribution in [0, 0.1) is 11.3 Å². The molecule has 1 aliphatic heterocycles. The summed E-state index contributed by atoms with van der Waals surface area (Å²) in [6.45, 7) is 3.99. The van der Waals surface area contributed by atoms with Crippen LogP contribution in [-0.4, -0.2) is 5.17 Å². The molecule has 3 rings (SSSR count). The van der Waals surface area contributed by atoms with E-state index in [0.717, 1.165) is 22.4 Å². The van der Waals surface area contributed by atoms with E-state index in [4.69, 9.17) is 22.2 Å². The molecule has 4 heteroatoms. The number of nitrogens with one attached hydrogen (secondary N) is 1. The van der Waals surface area contributed by atoms with E-state index >= 15 is 0 Å². The Bertz CT molecular complexity index is 775. The Morgan fingerprint density at radius 3 is 2.67 bits per heavy atom. The van der Waals surface area contributed by atoms with E-state index in [1.807, 2.05) is 44.2 Å². The molecule has 21 heavy (non-hydrogen) atoms. The minimum absolute atomic E-state index is 0.395. The molecular weight excluding hydrogens is 280 g/mol. The van der Waals surface area contributed by atoms with Gasteiger partial charge in [0.15, 0.2) is 0 Å². The Balaban J connectivity index is 2.11. The Labute approximate surface area is 129 Å². The van der Waals surface area contributed by atoms with Crippen molar-refractivity contribution < 1.29 is 4.74 Å². The molecule has 0 fully saturated rings. The summed E-state index contributed by atoms with van der Waals surface area (Å²) in [4.78, 5) is 0. The Hall–Kier alpha value is -2.38. The van der Waals surface area contributed by atoms with Crippen molar-refractivity contribution in [1.82, 2.24) is 0 Å². The van der Waals surface area contributed by atoms with E-state index < -0.39 is 5.60 Å². The molecule has 0 spiro atoms. The summed E-state index contributed by atoms with van der Waals surface area (Å²) in [7, 11) is 0. The van der Waals surface area contributed by atoms with Crippen LogP contribution in [0.5, 0.6) is 0 Å². The zero-order valence-electron chi connectivity index (χ0n) is 11.8. The molecule has 1 heterocycles. The van der Waals surface area contributed by atoms with Crippen molar-refractivity contribution in [2.24, 2.45) is 0 Å². The average Bonchev–Trinajstić information content (AvgIpc) is 2.46. The summed E-state index contributed by atoms with van der Waals surface area (Å²) in [6.07, 6.45) is 0. The van der Waals surface area contributed by atoms with Crippen molar-refractivity contribution in [1.29, 1.82) is 5.26 Å². The zero-order chi connectivity index (χ0) is 15.0. The van der Waals surface area contributed by atoms with Gasteiger partial charge in [-0.15, -0.1) is 0 Å². The van der Waals surface area contributed by atoms with Gasteiger partial charge >= 0.3 is 0 Å². The predicted molar refractivity (Wildman–Crippen MR) is 86.9 cm³/mol. The lowest BCUT2D eigenvalue weighted by atomic mass is 9.91. The first-order valence-electron chi connectivity index (χ1n) is 6.65. The van der Waals surface area contributed by atoms with Gasteiger partial charge in [0.25, 0.3) is 5.17 Å². The van der Waals surface area contributed by atoms with Crippen LogP contribution in [0.1, 0.15) is 25.0 Å². The van der Waals surface area contributed by atoms with Crippen LogP contribution in [0.25, 0.3) is 11.1 Å². The standard InChI is InChI=1S/C17H14N2OS/c1-17(2)14-9-13(6-7-15(14)19-16(21)20-17)12-5-3-4-11(8-12)10-18/h3-9H,1-2H3,(H,19,21). The number of benzene rings is 2. The lowest BCUT2D eigenvalue weighted by molar-refractivity contribution is 0.0947. The average molecular weight is 294 g/mol. The molecular formula is C17H14N2OS. The van der Waals surface area contributed by atoms with Crippen LogP contribution in [0.2, 0.25) is 0 Å². The van der Waals surface area contributed by atoms with Crippen LogP contribution in [0.4, 0.5) is 5.69 Å². The highest BCUT2D eigenvalue weighted by Gasteiger charge is 2.31. The number of hydrogen-bond acceptors (Lipinski definition) is 3. The third kappa shape index (κ3) is 2.48. The van der Waals surface area contributed by atoms with Crippen molar-refractivity contribution in [2.75, 3.05) is 5.32 Å². The van der Waals surface area contributed by atoms with Gasteiger partial charge in [-0.3, -0.25) is 0 Å². The topological polar surface area (TPSA) is 45.0 Å². The first kappa shape index (κ1) is 13.6. The number of ether oxygens (including phenoxy) is 1. The largest absolute Gasteiger partial charge is 0.460 e. The quantitative estimate of drug-likeness (QED) is 0.801. The molecule has 2 aromatic carbocycles. The zero-order valence-corrected chi connectivity index (χ0v) is 12.6. The number of thiocarbonyl (C=S) groups is 1. The number of nitrogens with zero attached hydrogens (tertiary/aromatic N) is 1. The van der Waals surface area contributed by atoms with E-state index in [2.05, 4.69) is 17.5 Å². The normalized spacial score (nSPS) is 15.4.